The van der Waals surface area contributed by atoms with Gasteiger partial charge in [-0.2, -0.15) is 0 Å². The van der Waals surface area contributed by atoms with E-state index in [0.717, 1.165) is 5.56 Å². The number of alkyl carbamates (subject to hydrolysis) is 1. The molecule has 0 bridgehead atoms. The minimum Gasteiger partial charge on any atom is -0.450 e. The maximum absolute atomic E-state index is 11.4. The van der Waals surface area contributed by atoms with Gasteiger partial charge in [-0.25, -0.2) is 4.79 Å². The predicted molar refractivity (Wildman–Crippen MR) is 68.3 cm³/mol. The zero-order valence-electron chi connectivity index (χ0n) is 10.0. The molecule has 1 aromatic rings. The summed E-state index contributed by atoms with van der Waals surface area (Å²) in [5, 5.41) is 5.65. The largest absolute Gasteiger partial charge is 0.450 e. The lowest BCUT2D eigenvalue weighted by Crippen LogP contribution is -2.36. The van der Waals surface area contributed by atoms with Crippen LogP contribution in [0.15, 0.2) is 24.3 Å². The first-order valence-corrected chi connectivity index (χ1v) is 5.91. The second-order valence-corrected chi connectivity index (χ2v) is 3.91. The summed E-state index contributed by atoms with van der Waals surface area (Å²) in [4.78, 5) is 22.3. The molecule has 2 amide bonds. The third-order valence-electron chi connectivity index (χ3n) is 2.07. The van der Waals surface area contributed by atoms with Gasteiger partial charge >= 0.3 is 6.09 Å². The van der Waals surface area contributed by atoms with Crippen molar-refractivity contribution in [3.63, 3.8) is 0 Å². The molecule has 0 atom stereocenters. The smallest absolute Gasteiger partial charge is 0.407 e. The molecule has 0 spiro atoms. The molecule has 0 aromatic heterocycles. The van der Waals surface area contributed by atoms with Crippen LogP contribution in [0.3, 0.4) is 0 Å². The lowest BCUT2D eigenvalue weighted by Gasteiger charge is -2.07. The number of halogens is 1. The Labute approximate surface area is 110 Å². The lowest BCUT2D eigenvalue weighted by atomic mass is 10.2. The molecule has 0 aliphatic heterocycles. The highest BCUT2D eigenvalue weighted by Crippen LogP contribution is 2.08. The molecule has 0 saturated carbocycles. The summed E-state index contributed by atoms with van der Waals surface area (Å²) in [6.45, 7) is 2.26. The Hall–Kier alpha value is -1.75. The number of benzene rings is 1. The molecule has 6 heteroatoms. The van der Waals surface area contributed by atoms with E-state index in [-0.39, 0.29) is 19.1 Å². The van der Waals surface area contributed by atoms with Crippen LogP contribution in [0.25, 0.3) is 0 Å². The molecule has 98 valence electrons. The van der Waals surface area contributed by atoms with Gasteiger partial charge in [-0.3, -0.25) is 4.79 Å². The van der Waals surface area contributed by atoms with Crippen LogP contribution in [0.5, 0.6) is 0 Å². The molecule has 1 aromatic carbocycles. The van der Waals surface area contributed by atoms with Crippen molar-refractivity contribution in [2.75, 3.05) is 13.2 Å². The van der Waals surface area contributed by atoms with Gasteiger partial charge in [-0.15, -0.1) is 0 Å². The number of amides is 2. The molecule has 1 rings (SSSR count). The fourth-order valence-electron chi connectivity index (χ4n) is 1.20. The highest BCUT2D eigenvalue weighted by Gasteiger charge is 2.05. The predicted octanol–water partition coefficient (Wildman–Crippen LogP) is 1.70. The monoisotopic (exact) mass is 270 g/mol. The van der Waals surface area contributed by atoms with E-state index in [4.69, 9.17) is 11.6 Å². The second kappa shape index (κ2) is 7.55. The van der Waals surface area contributed by atoms with E-state index in [1.54, 1.807) is 19.1 Å². The highest BCUT2D eigenvalue weighted by atomic mass is 35.5. The number of rotatable bonds is 5. The van der Waals surface area contributed by atoms with Crippen molar-refractivity contribution in [3.8, 4) is 0 Å². The number of nitrogens with one attached hydrogen (secondary N) is 2. The minimum absolute atomic E-state index is 0.105. The Bertz CT molecular complexity index is 406. The van der Waals surface area contributed by atoms with Crippen molar-refractivity contribution >= 4 is 23.6 Å². The van der Waals surface area contributed by atoms with Gasteiger partial charge < -0.3 is 15.4 Å². The molecular weight excluding hydrogens is 256 g/mol. The highest BCUT2D eigenvalue weighted by molar-refractivity contribution is 6.30. The van der Waals surface area contributed by atoms with Gasteiger partial charge in [0.1, 0.15) is 6.54 Å². The van der Waals surface area contributed by atoms with E-state index < -0.39 is 6.09 Å². The molecule has 0 saturated heterocycles. The molecular formula is C12H15ClN2O3. The Morgan fingerprint density at radius 2 is 1.89 bits per heavy atom. The number of hydrogen-bond donors (Lipinski definition) is 2. The van der Waals surface area contributed by atoms with Gasteiger partial charge in [0, 0.05) is 11.6 Å². The van der Waals surface area contributed by atoms with Crippen molar-refractivity contribution in [1.29, 1.82) is 0 Å². The van der Waals surface area contributed by atoms with Gasteiger partial charge in [-0.1, -0.05) is 23.7 Å². The van der Waals surface area contributed by atoms with Crippen molar-refractivity contribution in [3.05, 3.63) is 34.9 Å². The fraction of sp³-hybridized carbons (Fsp3) is 0.333. The third-order valence-corrected chi connectivity index (χ3v) is 2.32. The second-order valence-electron chi connectivity index (χ2n) is 3.48. The normalized spacial score (nSPS) is 9.67. The number of carbonyl (C=O) groups excluding carboxylic acids is 2. The molecule has 0 fully saturated rings. The molecule has 0 heterocycles. The average molecular weight is 271 g/mol. The molecule has 2 N–H and O–H groups in total. The van der Waals surface area contributed by atoms with Crippen LogP contribution < -0.4 is 10.6 Å². The quantitative estimate of drug-likeness (QED) is 0.856. The molecule has 0 unspecified atom stereocenters. The number of ether oxygens (including phenoxy) is 1. The van der Waals surface area contributed by atoms with Crippen molar-refractivity contribution < 1.29 is 14.3 Å². The Balaban J connectivity index is 2.24. The van der Waals surface area contributed by atoms with E-state index in [2.05, 4.69) is 15.4 Å². The summed E-state index contributed by atoms with van der Waals surface area (Å²) in [5.41, 5.74) is 0.934. The first kappa shape index (κ1) is 14.3. The van der Waals surface area contributed by atoms with Crippen molar-refractivity contribution in [2.45, 2.75) is 13.5 Å². The van der Waals surface area contributed by atoms with Crippen LogP contribution in [0.4, 0.5) is 4.79 Å². The van der Waals surface area contributed by atoms with E-state index >= 15 is 0 Å². The third kappa shape index (κ3) is 5.54. The van der Waals surface area contributed by atoms with Gasteiger partial charge in [0.05, 0.1) is 6.61 Å². The number of hydrogen-bond acceptors (Lipinski definition) is 3. The average Bonchev–Trinajstić information content (AvgIpc) is 2.36. The standard InChI is InChI=1S/C12H15ClN2O3/c1-2-18-12(17)15-8-11(16)14-7-9-3-5-10(13)6-4-9/h3-6H,2,7-8H2,1H3,(H,14,16)(H,15,17). The van der Waals surface area contributed by atoms with E-state index in [1.165, 1.54) is 0 Å². The maximum Gasteiger partial charge on any atom is 0.407 e. The maximum atomic E-state index is 11.4. The van der Waals surface area contributed by atoms with Crippen LogP contribution in [0.1, 0.15) is 12.5 Å². The Kier molecular flexibility index (Phi) is 6.00. The summed E-state index contributed by atoms with van der Waals surface area (Å²) in [6, 6.07) is 7.14. The summed E-state index contributed by atoms with van der Waals surface area (Å²) < 4.78 is 4.62. The topological polar surface area (TPSA) is 67.4 Å². The lowest BCUT2D eigenvalue weighted by molar-refractivity contribution is -0.120. The van der Waals surface area contributed by atoms with Gasteiger partial charge in [0.25, 0.3) is 0 Å². The number of carbonyl (C=O) groups is 2. The van der Waals surface area contributed by atoms with Crippen LogP contribution in [-0.4, -0.2) is 25.2 Å². The zero-order valence-corrected chi connectivity index (χ0v) is 10.8. The molecule has 0 radical (unpaired) electrons. The van der Waals surface area contributed by atoms with Crippen LogP contribution in [-0.2, 0) is 16.1 Å². The van der Waals surface area contributed by atoms with Crippen LogP contribution in [0.2, 0.25) is 5.02 Å². The van der Waals surface area contributed by atoms with Gasteiger partial charge in [0.2, 0.25) is 5.91 Å². The Morgan fingerprint density at radius 1 is 1.22 bits per heavy atom. The fourth-order valence-corrected chi connectivity index (χ4v) is 1.33. The van der Waals surface area contributed by atoms with Crippen LogP contribution >= 0.6 is 11.6 Å². The first-order valence-electron chi connectivity index (χ1n) is 5.53. The summed E-state index contributed by atoms with van der Waals surface area (Å²) >= 11 is 5.74. The van der Waals surface area contributed by atoms with E-state index in [9.17, 15) is 9.59 Å². The Morgan fingerprint density at radius 3 is 2.50 bits per heavy atom. The van der Waals surface area contributed by atoms with E-state index in [0.29, 0.717) is 11.6 Å². The summed E-state index contributed by atoms with van der Waals surface area (Å²) in [6.07, 6.45) is -0.598. The first-order chi connectivity index (χ1) is 8.61. The van der Waals surface area contributed by atoms with Gasteiger partial charge in [-0.05, 0) is 24.6 Å². The molecule has 5 nitrogen and oxygen atoms in total. The molecule has 0 aliphatic carbocycles. The minimum atomic E-state index is -0.598. The summed E-state index contributed by atoms with van der Waals surface area (Å²) in [7, 11) is 0. The van der Waals surface area contributed by atoms with Crippen molar-refractivity contribution in [2.24, 2.45) is 0 Å². The SMILES string of the molecule is CCOC(=O)NCC(=O)NCc1ccc(Cl)cc1. The van der Waals surface area contributed by atoms with Gasteiger partial charge in [0.15, 0.2) is 0 Å². The van der Waals surface area contributed by atoms with Crippen molar-refractivity contribution in [1.82, 2.24) is 10.6 Å². The molecule has 0 aliphatic rings. The molecule has 18 heavy (non-hydrogen) atoms. The zero-order chi connectivity index (χ0) is 13.4. The summed E-state index contributed by atoms with van der Waals surface area (Å²) in [5.74, 6) is -0.280. The van der Waals surface area contributed by atoms with Crippen LogP contribution in [0, 0.1) is 0 Å². The van der Waals surface area contributed by atoms with E-state index in [1.807, 2.05) is 12.1 Å².